The largest absolute Gasteiger partial charge is 0.493 e. The molecule has 0 bridgehead atoms. The van der Waals surface area contributed by atoms with Crippen LogP contribution in [0.3, 0.4) is 0 Å². The van der Waals surface area contributed by atoms with Gasteiger partial charge in [0, 0.05) is 13.1 Å². The second-order valence-electron chi connectivity index (χ2n) is 8.14. The Labute approximate surface area is 194 Å². The van der Waals surface area contributed by atoms with Crippen molar-refractivity contribution in [1.82, 2.24) is 10.2 Å². The van der Waals surface area contributed by atoms with Crippen LogP contribution in [0.5, 0.6) is 17.2 Å². The van der Waals surface area contributed by atoms with Crippen molar-refractivity contribution in [3.63, 3.8) is 0 Å². The predicted octanol–water partition coefficient (Wildman–Crippen LogP) is 4.25. The maximum atomic E-state index is 14.1. The molecule has 0 unspecified atom stereocenters. The fraction of sp³-hybridized carbons (Fsp3) is 0.346. The van der Waals surface area contributed by atoms with E-state index in [4.69, 9.17) is 14.2 Å². The summed E-state index contributed by atoms with van der Waals surface area (Å²) < 4.78 is 30.5. The number of fused-ring (bicyclic) bond motifs is 1. The molecule has 0 radical (unpaired) electrons. The molecule has 0 spiro atoms. The summed E-state index contributed by atoms with van der Waals surface area (Å²) in [6, 6.07) is 8.41. The van der Waals surface area contributed by atoms with Crippen molar-refractivity contribution in [3.8, 4) is 17.2 Å². The lowest BCUT2D eigenvalue weighted by Crippen LogP contribution is -2.31. The Kier molecular flexibility index (Phi) is 7.76. The zero-order chi connectivity index (χ0) is 24.1. The van der Waals surface area contributed by atoms with Crippen LogP contribution in [0, 0.1) is 5.82 Å². The van der Waals surface area contributed by atoms with Gasteiger partial charge in [0.05, 0.1) is 27.8 Å². The molecule has 2 aromatic carbocycles. The monoisotopic (exact) mass is 454 g/mol. The van der Waals surface area contributed by atoms with Gasteiger partial charge in [-0.2, -0.15) is 0 Å². The highest BCUT2D eigenvalue weighted by Gasteiger charge is 2.26. The molecule has 0 heterocycles. The lowest BCUT2D eigenvalue weighted by molar-refractivity contribution is -0.120. The molecule has 0 aromatic heterocycles. The number of hydrogen-bond donors (Lipinski definition) is 1. The molecule has 176 valence electrons. The van der Waals surface area contributed by atoms with E-state index in [9.17, 15) is 9.18 Å². The summed E-state index contributed by atoms with van der Waals surface area (Å²) in [5.41, 5.74) is 5.16. The number of carbonyl (C=O) groups excluding carboxylic acids is 1. The second kappa shape index (κ2) is 10.5. The number of benzene rings is 2. The highest BCUT2D eigenvalue weighted by atomic mass is 19.1. The third-order valence-electron chi connectivity index (χ3n) is 5.67. The summed E-state index contributed by atoms with van der Waals surface area (Å²) in [6.45, 7) is 3.27. The van der Waals surface area contributed by atoms with E-state index in [1.54, 1.807) is 27.4 Å². The van der Waals surface area contributed by atoms with Crippen LogP contribution >= 0.6 is 0 Å². The van der Waals surface area contributed by atoms with Crippen LogP contribution in [-0.2, 0) is 4.79 Å². The van der Waals surface area contributed by atoms with Crippen LogP contribution in [0.15, 0.2) is 35.9 Å². The average molecular weight is 455 g/mol. The molecule has 0 fully saturated rings. The predicted molar refractivity (Wildman–Crippen MR) is 129 cm³/mol. The molecule has 33 heavy (non-hydrogen) atoms. The molecule has 0 atom stereocenters. The van der Waals surface area contributed by atoms with Crippen LogP contribution in [0.2, 0.25) is 0 Å². The Morgan fingerprint density at radius 2 is 1.70 bits per heavy atom. The minimum Gasteiger partial charge on any atom is -0.493 e. The number of allylic oxidation sites excluding steroid dienone is 2. The summed E-state index contributed by atoms with van der Waals surface area (Å²) in [5, 5.41) is 2.94. The van der Waals surface area contributed by atoms with Gasteiger partial charge in [-0.15, -0.1) is 0 Å². The number of methoxy groups -OCH3 is 3. The van der Waals surface area contributed by atoms with E-state index in [-0.39, 0.29) is 18.1 Å². The number of nitrogens with zero attached hydrogens (tertiary/aromatic N) is 1. The minimum absolute atomic E-state index is 0.0875. The lowest BCUT2D eigenvalue weighted by Gasteiger charge is -2.13. The van der Waals surface area contributed by atoms with Gasteiger partial charge < -0.3 is 24.4 Å². The van der Waals surface area contributed by atoms with E-state index in [1.165, 1.54) is 12.1 Å². The topological polar surface area (TPSA) is 60.0 Å². The van der Waals surface area contributed by atoms with Crippen molar-refractivity contribution in [2.45, 2.75) is 13.3 Å². The minimum atomic E-state index is -0.332. The number of nitrogens with one attached hydrogen (secondary N) is 1. The number of amides is 1. The van der Waals surface area contributed by atoms with Crippen LogP contribution in [0.25, 0.3) is 17.2 Å². The molecule has 3 rings (SSSR count). The van der Waals surface area contributed by atoms with Gasteiger partial charge in [-0.1, -0.05) is 6.07 Å². The fourth-order valence-corrected chi connectivity index (χ4v) is 3.97. The molecule has 1 amide bonds. The van der Waals surface area contributed by atoms with Crippen molar-refractivity contribution in [2.24, 2.45) is 0 Å². The average Bonchev–Trinajstić information content (AvgIpc) is 3.03. The molecule has 2 aromatic rings. The van der Waals surface area contributed by atoms with E-state index >= 15 is 0 Å². The Balaban J connectivity index is 2.02. The first-order valence-electron chi connectivity index (χ1n) is 10.7. The Bertz CT molecular complexity index is 1080. The molecule has 6 nitrogen and oxygen atoms in total. The number of ether oxygens (including phenoxy) is 3. The van der Waals surface area contributed by atoms with Gasteiger partial charge >= 0.3 is 0 Å². The molecule has 1 aliphatic carbocycles. The molecule has 1 N–H and O–H groups in total. The van der Waals surface area contributed by atoms with Crippen LogP contribution in [0.4, 0.5) is 4.39 Å². The summed E-state index contributed by atoms with van der Waals surface area (Å²) in [5.74, 6) is 1.18. The van der Waals surface area contributed by atoms with Crippen molar-refractivity contribution in [3.05, 3.63) is 58.4 Å². The van der Waals surface area contributed by atoms with Gasteiger partial charge in [0.1, 0.15) is 5.82 Å². The van der Waals surface area contributed by atoms with E-state index in [1.807, 2.05) is 44.1 Å². The summed E-state index contributed by atoms with van der Waals surface area (Å²) >= 11 is 0. The quantitative estimate of drug-likeness (QED) is 0.614. The van der Waals surface area contributed by atoms with Crippen molar-refractivity contribution >= 4 is 23.1 Å². The number of hydrogen-bond acceptors (Lipinski definition) is 5. The van der Waals surface area contributed by atoms with Crippen molar-refractivity contribution in [1.29, 1.82) is 0 Å². The highest BCUT2D eigenvalue weighted by Crippen LogP contribution is 2.45. The first-order chi connectivity index (χ1) is 15.8. The van der Waals surface area contributed by atoms with Crippen molar-refractivity contribution in [2.75, 3.05) is 48.5 Å². The maximum Gasteiger partial charge on any atom is 0.224 e. The van der Waals surface area contributed by atoms with E-state index in [0.29, 0.717) is 23.8 Å². The standard InChI is InChI=1S/C26H31FN2O4/c1-16-20(11-17-12-23(31-4)26(33-6)24(13-17)32-5)19-8-7-18(27)14-22(19)21(16)15-25(30)28-9-10-29(2)3/h7-8,11-14H,9-10,15H2,1-6H3,(H,28,30)/b20-11-. The van der Waals surface area contributed by atoms with Crippen LogP contribution in [0.1, 0.15) is 30.0 Å². The molecular weight excluding hydrogens is 423 g/mol. The third kappa shape index (κ3) is 5.37. The first-order valence-corrected chi connectivity index (χ1v) is 10.7. The molecule has 1 aliphatic rings. The molecule has 7 heteroatoms. The Hall–Kier alpha value is -3.32. The zero-order valence-corrected chi connectivity index (χ0v) is 20.0. The Morgan fingerprint density at radius 1 is 1.03 bits per heavy atom. The SMILES string of the molecule is COc1cc(/C=C2/C(C)=C(CC(=O)NCCN(C)C)c3cc(F)ccc32)cc(OC)c1OC. The zero-order valence-electron chi connectivity index (χ0n) is 20.0. The highest BCUT2D eigenvalue weighted by molar-refractivity contribution is 6.08. The molecule has 0 saturated heterocycles. The van der Waals surface area contributed by atoms with Crippen LogP contribution < -0.4 is 19.5 Å². The smallest absolute Gasteiger partial charge is 0.224 e. The number of halogens is 1. The lowest BCUT2D eigenvalue weighted by atomic mass is 10.00. The summed E-state index contributed by atoms with van der Waals surface area (Å²) in [6.07, 6.45) is 2.18. The van der Waals surface area contributed by atoms with E-state index in [2.05, 4.69) is 5.32 Å². The number of carbonyl (C=O) groups is 1. The molecular formula is C26H31FN2O4. The van der Waals surface area contributed by atoms with Gasteiger partial charge in [-0.25, -0.2) is 4.39 Å². The van der Waals surface area contributed by atoms with Gasteiger partial charge in [0.2, 0.25) is 11.7 Å². The fourth-order valence-electron chi connectivity index (χ4n) is 3.97. The number of likely N-dealkylation sites (N-methyl/N-ethyl adjacent to an activating group) is 1. The van der Waals surface area contributed by atoms with Crippen LogP contribution in [-0.4, -0.2) is 59.3 Å². The molecule has 0 aliphatic heterocycles. The summed E-state index contributed by atoms with van der Waals surface area (Å²) in [7, 11) is 8.60. The number of rotatable bonds is 9. The van der Waals surface area contributed by atoms with Gasteiger partial charge in [0.15, 0.2) is 11.5 Å². The van der Waals surface area contributed by atoms with Gasteiger partial charge in [-0.3, -0.25) is 4.79 Å². The normalized spacial score (nSPS) is 14.0. The first kappa shape index (κ1) is 24.3. The third-order valence-corrected chi connectivity index (χ3v) is 5.67. The maximum absolute atomic E-state index is 14.1. The second-order valence-corrected chi connectivity index (χ2v) is 8.14. The van der Waals surface area contributed by atoms with E-state index in [0.717, 1.165) is 40.0 Å². The molecule has 0 saturated carbocycles. The summed E-state index contributed by atoms with van der Waals surface area (Å²) in [4.78, 5) is 14.6. The Morgan fingerprint density at radius 3 is 2.27 bits per heavy atom. The van der Waals surface area contributed by atoms with Gasteiger partial charge in [-0.05, 0) is 84.8 Å². The van der Waals surface area contributed by atoms with Crippen molar-refractivity contribution < 1.29 is 23.4 Å². The van der Waals surface area contributed by atoms with Gasteiger partial charge in [0.25, 0.3) is 0 Å². The van der Waals surface area contributed by atoms with E-state index < -0.39 is 0 Å².